The lowest BCUT2D eigenvalue weighted by atomic mass is 10.1. The number of nitrogens with one attached hydrogen (secondary N) is 1. The van der Waals surface area contributed by atoms with Crippen molar-refractivity contribution in [3.05, 3.63) is 76.3 Å². The summed E-state index contributed by atoms with van der Waals surface area (Å²) in [5, 5.41) is 15.7. The summed E-state index contributed by atoms with van der Waals surface area (Å²) in [6, 6.07) is 16.7. The highest BCUT2D eigenvalue weighted by Crippen LogP contribution is 2.32. The SMILES string of the molecule is N=C1/C(=C/c2ccccc2)C(=O)N=C2SC(c3ccccc3Cl)=NN12. The van der Waals surface area contributed by atoms with Gasteiger partial charge in [0, 0.05) is 5.56 Å². The first-order valence-corrected chi connectivity index (χ1v) is 8.63. The third kappa shape index (κ3) is 2.90. The molecule has 2 aliphatic rings. The lowest BCUT2D eigenvalue weighted by Crippen LogP contribution is -2.35. The van der Waals surface area contributed by atoms with Crippen LogP contribution in [-0.2, 0) is 4.79 Å². The second-order valence-corrected chi connectivity index (χ2v) is 6.68. The Kier molecular flexibility index (Phi) is 3.99. The van der Waals surface area contributed by atoms with Gasteiger partial charge in [0.2, 0.25) is 5.17 Å². The van der Waals surface area contributed by atoms with Gasteiger partial charge in [-0.1, -0.05) is 60.1 Å². The maximum absolute atomic E-state index is 12.3. The Morgan fingerprint density at radius 3 is 2.56 bits per heavy atom. The van der Waals surface area contributed by atoms with E-state index in [1.54, 1.807) is 12.1 Å². The first kappa shape index (κ1) is 15.8. The lowest BCUT2D eigenvalue weighted by Gasteiger charge is -2.20. The maximum Gasteiger partial charge on any atom is 0.283 e. The highest BCUT2D eigenvalue weighted by Gasteiger charge is 2.36. The minimum Gasteiger partial charge on any atom is -0.282 e. The second-order valence-electron chi connectivity index (χ2n) is 5.32. The molecule has 0 saturated heterocycles. The summed E-state index contributed by atoms with van der Waals surface area (Å²) in [5.74, 6) is -0.434. The number of carbonyl (C=O) groups excluding carboxylic acids is 1. The Bertz CT molecular complexity index is 982. The highest BCUT2D eigenvalue weighted by atomic mass is 35.5. The third-order valence-electron chi connectivity index (χ3n) is 3.67. The minimum absolute atomic E-state index is 0.00778. The van der Waals surface area contributed by atoms with Gasteiger partial charge in [-0.3, -0.25) is 10.2 Å². The number of amides is 1. The monoisotopic (exact) mass is 366 g/mol. The number of nitrogens with zero attached hydrogens (tertiary/aromatic N) is 3. The highest BCUT2D eigenvalue weighted by molar-refractivity contribution is 8.27. The van der Waals surface area contributed by atoms with Crippen molar-refractivity contribution in [3.8, 4) is 0 Å². The van der Waals surface area contributed by atoms with E-state index >= 15 is 0 Å². The summed E-state index contributed by atoms with van der Waals surface area (Å²) >= 11 is 7.45. The number of rotatable bonds is 2. The molecule has 2 aromatic rings. The number of aliphatic imine (C=N–C) groups is 1. The summed E-state index contributed by atoms with van der Waals surface area (Å²) in [7, 11) is 0. The van der Waals surface area contributed by atoms with Crippen LogP contribution in [0.5, 0.6) is 0 Å². The van der Waals surface area contributed by atoms with Gasteiger partial charge in [0.1, 0.15) is 5.04 Å². The number of halogens is 1. The van der Waals surface area contributed by atoms with Crippen molar-refractivity contribution in [2.24, 2.45) is 10.1 Å². The van der Waals surface area contributed by atoms with Crippen molar-refractivity contribution in [2.75, 3.05) is 0 Å². The third-order valence-corrected chi connectivity index (χ3v) is 4.94. The first-order valence-electron chi connectivity index (χ1n) is 7.43. The molecule has 0 aliphatic carbocycles. The van der Waals surface area contributed by atoms with Crippen LogP contribution in [-0.4, -0.2) is 27.0 Å². The number of hydrazone groups is 1. The van der Waals surface area contributed by atoms with E-state index in [0.29, 0.717) is 15.2 Å². The van der Waals surface area contributed by atoms with Gasteiger partial charge in [-0.2, -0.15) is 15.1 Å². The molecule has 1 amide bonds. The van der Waals surface area contributed by atoms with E-state index in [4.69, 9.17) is 17.0 Å². The van der Waals surface area contributed by atoms with Gasteiger partial charge in [-0.25, -0.2) is 0 Å². The summed E-state index contributed by atoms with van der Waals surface area (Å²) in [6.45, 7) is 0. The van der Waals surface area contributed by atoms with Crippen LogP contribution in [0.4, 0.5) is 0 Å². The number of carbonyl (C=O) groups is 1. The number of amidine groups is 2. The summed E-state index contributed by atoms with van der Waals surface area (Å²) in [4.78, 5) is 16.4. The molecule has 122 valence electrons. The van der Waals surface area contributed by atoms with Crippen molar-refractivity contribution < 1.29 is 4.79 Å². The lowest BCUT2D eigenvalue weighted by molar-refractivity contribution is -0.114. The van der Waals surface area contributed by atoms with Crippen LogP contribution in [0.1, 0.15) is 11.1 Å². The molecule has 2 aliphatic heterocycles. The fourth-order valence-corrected chi connectivity index (χ4v) is 3.66. The average Bonchev–Trinajstić information content (AvgIpc) is 3.04. The standard InChI is InChI=1S/C18H11ClN4OS/c19-14-9-5-4-8-12(14)17-22-23-15(20)13(16(24)21-18(23)25-17)10-11-6-2-1-3-7-11/h1-10,20H/b13-10-,20-15?. The van der Waals surface area contributed by atoms with Crippen LogP contribution in [0.3, 0.4) is 0 Å². The largest absolute Gasteiger partial charge is 0.283 e. The molecule has 7 heteroatoms. The van der Waals surface area contributed by atoms with Gasteiger partial charge in [-0.15, -0.1) is 0 Å². The topological polar surface area (TPSA) is 68.9 Å². The molecule has 25 heavy (non-hydrogen) atoms. The Balaban J connectivity index is 1.72. The summed E-state index contributed by atoms with van der Waals surface area (Å²) in [6.07, 6.45) is 1.65. The number of benzene rings is 2. The van der Waals surface area contributed by atoms with E-state index in [-0.39, 0.29) is 11.4 Å². The number of fused-ring (bicyclic) bond motifs is 1. The Labute approximate surface area is 153 Å². The zero-order valence-electron chi connectivity index (χ0n) is 12.8. The van der Waals surface area contributed by atoms with Crippen molar-refractivity contribution in [2.45, 2.75) is 0 Å². The molecule has 0 unspecified atom stereocenters. The molecular formula is C18H11ClN4OS. The molecule has 2 heterocycles. The van der Waals surface area contributed by atoms with E-state index in [1.807, 2.05) is 48.5 Å². The van der Waals surface area contributed by atoms with Gasteiger partial charge in [0.15, 0.2) is 5.84 Å². The number of thioether (sulfide) groups is 1. The number of hydrogen-bond acceptors (Lipinski definition) is 4. The minimum atomic E-state index is -0.441. The van der Waals surface area contributed by atoms with Gasteiger partial charge >= 0.3 is 0 Å². The fourth-order valence-electron chi connectivity index (χ4n) is 2.45. The molecule has 0 fully saturated rings. The normalized spacial score (nSPS) is 18.3. The van der Waals surface area contributed by atoms with Crippen molar-refractivity contribution in [1.82, 2.24) is 5.01 Å². The molecular weight excluding hydrogens is 356 g/mol. The van der Waals surface area contributed by atoms with Crippen molar-refractivity contribution in [1.29, 1.82) is 5.41 Å². The zero-order valence-corrected chi connectivity index (χ0v) is 14.4. The smallest absolute Gasteiger partial charge is 0.282 e. The molecule has 0 radical (unpaired) electrons. The molecule has 0 atom stereocenters. The van der Waals surface area contributed by atoms with Crippen LogP contribution in [0, 0.1) is 5.41 Å². The van der Waals surface area contributed by atoms with Crippen molar-refractivity contribution in [3.63, 3.8) is 0 Å². The molecule has 0 aromatic heterocycles. The average molecular weight is 367 g/mol. The van der Waals surface area contributed by atoms with Gasteiger partial charge in [-0.05, 0) is 29.5 Å². The van der Waals surface area contributed by atoms with E-state index < -0.39 is 5.91 Å². The van der Waals surface area contributed by atoms with Crippen LogP contribution >= 0.6 is 23.4 Å². The Morgan fingerprint density at radius 1 is 1.08 bits per heavy atom. The molecule has 0 bridgehead atoms. The second kappa shape index (κ2) is 6.31. The van der Waals surface area contributed by atoms with Gasteiger partial charge < -0.3 is 0 Å². The van der Waals surface area contributed by atoms with E-state index in [0.717, 1.165) is 11.1 Å². The molecule has 4 rings (SSSR count). The van der Waals surface area contributed by atoms with Crippen LogP contribution in [0.2, 0.25) is 5.02 Å². The van der Waals surface area contributed by atoms with Crippen molar-refractivity contribution >= 4 is 51.4 Å². The maximum atomic E-state index is 12.3. The van der Waals surface area contributed by atoms with Gasteiger partial charge in [0.05, 0.1) is 10.6 Å². The van der Waals surface area contributed by atoms with E-state index in [1.165, 1.54) is 16.8 Å². The zero-order chi connectivity index (χ0) is 17.4. The van der Waals surface area contributed by atoms with Gasteiger partial charge in [0.25, 0.3) is 5.91 Å². The fraction of sp³-hybridized carbons (Fsp3) is 0. The quantitative estimate of drug-likeness (QED) is 0.816. The first-order chi connectivity index (χ1) is 12.1. The molecule has 2 aromatic carbocycles. The number of hydrogen-bond donors (Lipinski definition) is 1. The summed E-state index contributed by atoms with van der Waals surface area (Å²) in [5.41, 5.74) is 1.79. The Morgan fingerprint density at radius 2 is 1.80 bits per heavy atom. The van der Waals surface area contributed by atoms with Crippen LogP contribution in [0.15, 0.2) is 70.3 Å². The molecule has 1 N–H and O–H groups in total. The van der Waals surface area contributed by atoms with Crippen LogP contribution in [0.25, 0.3) is 6.08 Å². The van der Waals surface area contributed by atoms with E-state index in [2.05, 4.69) is 10.1 Å². The Hall–Kier alpha value is -2.70. The summed E-state index contributed by atoms with van der Waals surface area (Å²) < 4.78 is 0. The molecule has 0 saturated carbocycles. The predicted octanol–water partition coefficient (Wildman–Crippen LogP) is 4.01. The van der Waals surface area contributed by atoms with E-state index in [9.17, 15) is 4.79 Å². The molecule has 0 spiro atoms. The predicted molar refractivity (Wildman–Crippen MR) is 102 cm³/mol. The van der Waals surface area contributed by atoms with Crippen LogP contribution < -0.4 is 0 Å². The molecule has 5 nitrogen and oxygen atoms in total.